The smallest absolute Gasteiger partial charge is 0.210 e. The Hall–Kier alpha value is -1.62. The van der Waals surface area contributed by atoms with Crippen molar-refractivity contribution in [1.82, 2.24) is 0 Å². The van der Waals surface area contributed by atoms with E-state index in [1.807, 2.05) is 25.1 Å². The molecular weight excluding hydrogens is 299 g/mol. The molecule has 5 heteroatoms. The molecule has 0 aliphatic heterocycles. The van der Waals surface area contributed by atoms with Gasteiger partial charge >= 0.3 is 0 Å². The van der Waals surface area contributed by atoms with Crippen molar-refractivity contribution in [3.63, 3.8) is 0 Å². The van der Waals surface area contributed by atoms with Crippen molar-refractivity contribution in [3.05, 3.63) is 46.4 Å². The Morgan fingerprint density at radius 2 is 1.94 bits per heavy atom. The van der Waals surface area contributed by atoms with E-state index < -0.39 is 0 Å². The van der Waals surface area contributed by atoms with Gasteiger partial charge in [-0.25, -0.2) is 4.39 Å². The molecular formula is C13H12BrFN2O. The molecule has 2 aromatic rings. The van der Waals surface area contributed by atoms with Crippen LogP contribution in [-0.4, -0.2) is 20.3 Å². The summed E-state index contributed by atoms with van der Waals surface area (Å²) >= 11 is 3.41. The van der Waals surface area contributed by atoms with Gasteiger partial charge in [0.25, 0.3) is 0 Å². The van der Waals surface area contributed by atoms with Gasteiger partial charge in [0, 0.05) is 20.2 Å². The number of nitrogens with zero attached hydrogens (tertiary/aromatic N) is 2. The van der Waals surface area contributed by atoms with Gasteiger partial charge in [0.15, 0.2) is 0 Å². The standard InChI is InChI=1S/C13H12BrFN2O/c1-17(2)13-12(14)7-11(18-13)8-16-10-5-3-9(15)4-6-10/h3-8H,1-2H3. The Bertz CT molecular complexity index is 561. The number of hydrogen-bond acceptors (Lipinski definition) is 3. The summed E-state index contributed by atoms with van der Waals surface area (Å²) in [5.41, 5.74) is 0.676. The van der Waals surface area contributed by atoms with Crippen LogP contribution in [0.4, 0.5) is 16.0 Å². The number of rotatable bonds is 3. The first-order chi connectivity index (χ1) is 8.56. The first-order valence-electron chi connectivity index (χ1n) is 5.32. The van der Waals surface area contributed by atoms with Gasteiger partial charge in [-0.15, -0.1) is 0 Å². The van der Waals surface area contributed by atoms with Gasteiger partial charge in [-0.05, 0) is 40.2 Å². The van der Waals surface area contributed by atoms with Crippen LogP contribution in [0.5, 0.6) is 0 Å². The molecule has 1 heterocycles. The lowest BCUT2D eigenvalue weighted by Gasteiger charge is -2.07. The van der Waals surface area contributed by atoms with E-state index in [1.54, 1.807) is 18.3 Å². The quantitative estimate of drug-likeness (QED) is 0.802. The largest absolute Gasteiger partial charge is 0.438 e. The summed E-state index contributed by atoms with van der Waals surface area (Å²) in [6.07, 6.45) is 1.60. The molecule has 0 atom stereocenters. The molecule has 1 aromatic carbocycles. The summed E-state index contributed by atoms with van der Waals surface area (Å²) < 4.78 is 19.2. The van der Waals surface area contributed by atoms with Gasteiger partial charge in [-0.1, -0.05) is 0 Å². The van der Waals surface area contributed by atoms with Crippen molar-refractivity contribution in [1.29, 1.82) is 0 Å². The molecule has 0 aliphatic carbocycles. The number of anilines is 1. The topological polar surface area (TPSA) is 28.7 Å². The predicted molar refractivity (Wildman–Crippen MR) is 74.4 cm³/mol. The molecule has 1 aromatic heterocycles. The lowest BCUT2D eigenvalue weighted by atomic mass is 10.3. The number of hydrogen-bond donors (Lipinski definition) is 0. The molecule has 2 rings (SSSR count). The van der Waals surface area contributed by atoms with E-state index in [1.165, 1.54) is 12.1 Å². The number of aliphatic imine (C=N–C) groups is 1. The minimum Gasteiger partial charge on any atom is -0.438 e. The Morgan fingerprint density at radius 1 is 1.28 bits per heavy atom. The van der Waals surface area contributed by atoms with E-state index in [2.05, 4.69) is 20.9 Å². The van der Waals surface area contributed by atoms with E-state index in [4.69, 9.17) is 4.42 Å². The van der Waals surface area contributed by atoms with Crippen molar-refractivity contribution < 1.29 is 8.81 Å². The van der Waals surface area contributed by atoms with Gasteiger partial charge < -0.3 is 9.32 Å². The molecule has 0 saturated carbocycles. The summed E-state index contributed by atoms with van der Waals surface area (Å²) in [5.74, 6) is 1.09. The highest BCUT2D eigenvalue weighted by Gasteiger charge is 2.08. The SMILES string of the molecule is CN(C)c1oc(C=Nc2ccc(F)cc2)cc1Br. The molecule has 0 unspecified atom stereocenters. The van der Waals surface area contributed by atoms with Crippen molar-refractivity contribution in [2.24, 2.45) is 4.99 Å². The first kappa shape index (κ1) is 12.8. The molecule has 0 N–H and O–H groups in total. The Balaban J connectivity index is 2.18. The fourth-order valence-electron chi connectivity index (χ4n) is 1.41. The predicted octanol–water partition coefficient (Wildman–Crippen LogP) is 4.00. The van der Waals surface area contributed by atoms with E-state index in [9.17, 15) is 4.39 Å². The second-order valence-electron chi connectivity index (χ2n) is 3.93. The number of furan rings is 1. The highest BCUT2D eigenvalue weighted by Crippen LogP contribution is 2.28. The molecule has 0 bridgehead atoms. The highest BCUT2D eigenvalue weighted by atomic mass is 79.9. The molecule has 94 valence electrons. The fourth-order valence-corrected chi connectivity index (χ4v) is 2.07. The second kappa shape index (κ2) is 5.35. The van der Waals surface area contributed by atoms with Crippen LogP contribution in [-0.2, 0) is 0 Å². The molecule has 0 amide bonds. The molecule has 0 spiro atoms. The lowest BCUT2D eigenvalue weighted by molar-refractivity contribution is 0.557. The van der Waals surface area contributed by atoms with E-state index in [0.29, 0.717) is 11.4 Å². The maximum atomic E-state index is 12.7. The van der Waals surface area contributed by atoms with E-state index in [0.717, 1.165) is 10.4 Å². The minimum absolute atomic E-state index is 0.274. The molecule has 0 fully saturated rings. The third-order valence-electron chi connectivity index (χ3n) is 2.26. The van der Waals surface area contributed by atoms with Gasteiger partial charge in [-0.3, -0.25) is 4.99 Å². The van der Waals surface area contributed by atoms with Crippen molar-refractivity contribution in [3.8, 4) is 0 Å². The average Bonchev–Trinajstić information content (AvgIpc) is 2.70. The normalized spacial score (nSPS) is 11.1. The van der Waals surface area contributed by atoms with Crippen LogP contribution in [0, 0.1) is 5.82 Å². The van der Waals surface area contributed by atoms with Crippen molar-refractivity contribution in [2.75, 3.05) is 19.0 Å². The third kappa shape index (κ3) is 2.98. The summed E-state index contributed by atoms with van der Waals surface area (Å²) in [5, 5.41) is 0. The highest BCUT2D eigenvalue weighted by molar-refractivity contribution is 9.10. The van der Waals surface area contributed by atoms with Gasteiger partial charge in [-0.2, -0.15) is 0 Å². The fraction of sp³-hybridized carbons (Fsp3) is 0.154. The zero-order valence-electron chi connectivity index (χ0n) is 10.0. The number of halogens is 2. The van der Waals surface area contributed by atoms with Crippen LogP contribution in [0.2, 0.25) is 0 Å². The van der Waals surface area contributed by atoms with Crippen LogP contribution >= 0.6 is 15.9 Å². The van der Waals surface area contributed by atoms with Crippen LogP contribution in [0.1, 0.15) is 5.76 Å². The van der Waals surface area contributed by atoms with Crippen LogP contribution in [0.25, 0.3) is 0 Å². The average molecular weight is 311 g/mol. The third-order valence-corrected chi connectivity index (χ3v) is 2.83. The molecule has 0 aliphatic rings. The van der Waals surface area contributed by atoms with Crippen molar-refractivity contribution in [2.45, 2.75) is 0 Å². The minimum atomic E-state index is -0.274. The van der Waals surface area contributed by atoms with E-state index in [-0.39, 0.29) is 5.82 Å². The summed E-state index contributed by atoms with van der Waals surface area (Å²) in [6, 6.07) is 7.79. The van der Waals surface area contributed by atoms with Gasteiger partial charge in [0.1, 0.15) is 11.6 Å². The molecule has 0 saturated heterocycles. The zero-order chi connectivity index (χ0) is 13.1. The lowest BCUT2D eigenvalue weighted by Crippen LogP contribution is -2.07. The van der Waals surface area contributed by atoms with Crippen LogP contribution < -0.4 is 4.90 Å². The number of benzene rings is 1. The Morgan fingerprint density at radius 3 is 2.50 bits per heavy atom. The monoisotopic (exact) mass is 310 g/mol. The summed E-state index contributed by atoms with van der Waals surface area (Å²) in [4.78, 5) is 6.07. The Kier molecular flexibility index (Phi) is 3.81. The first-order valence-corrected chi connectivity index (χ1v) is 6.12. The van der Waals surface area contributed by atoms with Gasteiger partial charge in [0.05, 0.1) is 16.4 Å². The van der Waals surface area contributed by atoms with Crippen LogP contribution in [0.15, 0.2) is 44.2 Å². The second-order valence-corrected chi connectivity index (χ2v) is 4.79. The summed E-state index contributed by atoms with van der Waals surface area (Å²) in [6.45, 7) is 0. The molecule has 18 heavy (non-hydrogen) atoms. The van der Waals surface area contributed by atoms with Gasteiger partial charge in [0.2, 0.25) is 5.88 Å². The molecule has 0 radical (unpaired) electrons. The maximum Gasteiger partial charge on any atom is 0.210 e. The maximum absolute atomic E-state index is 12.7. The van der Waals surface area contributed by atoms with E-state index >= 15 is 0 Å². The van der Waals surface area contributed by atoms with Crippen LogP contribution in [0.3, 0.4) is 0 Å². The summed E-state index contributed by atoms with van der Waals surface area (Å²) in [7, 11) is 3.79. The molecule has 3 nitrogen and oxygen atoms in total. The Labute approximate surface area is 113 Å². The zero-order valence-corrected chi connectivity index (χ0v) is 11.6. The van der Waals surface area contributed by atoms with Crippen molar-refractivity contribution >= 4 is 33.7 Å².